The number of hydrogen-bond acceptors (Lipinski definition) is 6. The second kappa shape index (κ2) is 11.8. The number of carbonyl (C=O) groups excluding carboxylic acids is 2. The molecule has 2 aromatic rings. The molecular weight excluding hydrogens is 490 g/mol. The maximum Gasteiger partial charge on any atom is 0.410 e. The van der Waals surface area contributed by atoms with Crippen LogP contribution in [0, 0.1) is 11.3 Å². The molecule has 0 aromatic heterocycles. The van der Waals surface area contributed by atoms with Gasteiger partial charge in [-0.1, -0.05) is 43.3 Å². The highest BCUT2D eigenvalue weighted by molar-refractivity contribution is 7.91. The van der Waals surface area contributed by atoms with E-state index >= 15 is 0 Å². The summed E-state index contributed by atoms with van der Waals surface area (Å²) in [5.74, 6) is -0.298. The van der Waals surface area contributed by atoms with E-state index in [9.17, 15) is 23.3 Å². The molecule has 1 saturated heterocycles. The van der Waals surface area contributed by atoms with Crippen LogP contribution in [0.4, 0.5) is 4.79 Å². The van der Waals surface area contributed by atoms with E-state index in [-0.39, 0.29) is 11.7 Å². The van der Waals surface area contributed by atoms with E-state index in [1.54, 1.807) is 52.0 Å². The molecule has 37 heavy (non-hydrogen) atoms. The highest BCUT2D eigenvalue weighted by Gasteiger charge is 2.35. The summed E-state index contributed by atoms with van der Waals surface area (Å²) in [5.41, 5.74) is 2.00. The van der Waals surface area contributed by atoms with Gasteiger partial charge in [0.2, 0.25) is 5.91 Å². The topological polar surface area (TPSA) is 117 Å². The van der Waals surface area contributed by atoms with Crippen LogP contribution >= 0.6 is 0 Å². The van der Waals surface area contributed by atoms with Gasteiger partial charge < -0.3 is 10.1 Å². The summed E-state index contributed by atoms with van der Waals surface area (Å²) >= 11 is 0. The van der Waals surface area contributed by atoms with Crippen LogP contribution in [0.25, 0.3) is 11.1 Å². The third kappa shape index (κ3) is 7.56. The highest BCUT2D eigenvalue weighted by atomic mass is 32.2. The first-order valence-corrected chi connectivity index (χ1v) is 14.2. The molecule has 8 nitrogen and oxygen atoms in total. The van der Waals surface area contributed by atoms with Crippen molar-refractivity contribution in [2.75, 3.05) is 12.3 Å². The second-order valence-corrected chi connectivity index (χ2v) is 12.5. The molecule has 1 aliphatic rings. The Morgan fingerprint density at radius 2 is 1.68 bits per heavy atom. The summed E-state index contributed by atoms with van der Waals surface area (Å²) in [5, 5.41) is 12.5. The molecule has 2 unspecified atom stereocenters. The van der Waals surface area contributed by atoms with Crippen molar-refractivity contribution in [1.82, 2.24) is 10.2 Å². The van der Waals surface area contributed by atoms with Gasteiger partial charge in [0.15, 0.2) is 9.84 Å². The van der Waals surface area contributed by atoms with Crippen LogP contribution in [-0.2, 0) is 25.8 Å². The number of ether oxygens (including phenoxy) is 1. The van der Waals surface area contributed by atoms with Crippen molar-refractivity contribution in [2.24, 2.45) is 0 Å². The van der Waals surface area contributed by atoms with E-state index in [1.165, 1.54) is 4.90 Å². The molecule has 1 N–H and O–H groups in total. The van der Waals surface area contributed by atoms with Crippen LogP contribution in [0.2, 0.25) is 0 Å². The first-order chi connectivity index (χ1) is 17.4. The van der Waals surface area contributed by atoms with Crippen molar-refractivity contribution in [2.45, 2.75) is 76.0 Å². The van der Waals surface area contributed by atoms with E-state index < -0.39 is 33.6 Å². The molecule has 2 amide bonds. The number of benzene rings is 2. The zero-order valence-corrected chi connectivity index (χ0v) is 22.7. The van der Waals surface area contributed by atoms with Crippen LogP contribution in [0.15, 0.2) is 53.4 Å². The Balaban J connectivity index is 1.64. The maximum absolute atomic E-state index is 13.0. The van der Waals surface area contributed by atoms with Gasteiger partial charge >= 0.3 is 6.09 Å². The number of carbonyl (C=O) groups is 2. The molecule has 0 spiro atoms. The van der Waals surface area contributed by atoms with Gasteiger partial charge in [-0.05, 0) is 68.9 Å². The summed E-state index contributed by atoms with van der Waals surface area (Å²) < 4.78 is 29.5. The van der Waals surface area contributed by atoms with E-state index in [0.717, 1.165) is 29.5 Å². The lowest BCUT2D eigenvalue weighted by molar-refractivity contribution is -0.128. The van der Waals surface area contributed by atoms with Crippen molar-refractivity contribution in [3.63, 3.8) is 0 Å². The van der Waals surface area contributed by atoms with Gasteiger partial charge in [-0.2, -0.15) is 5.26 Å². The number of sulfone groups is 1. The predicted octanol–water partition coefficient (Wildman–Crippen LogP) is 4.49. The minimum absolute atomic E-state index is 0.0530. The minimum atomic E-state index is -3.25. The van der Waals surface area contributed by atoms with Crippen LogP contribution in [0.5, 0.6) is 0 Å². The molecule has 1 fully saturated rings. The number of hydrogen-bond donors (Lipinski definition) is 1. The van der Waals surface area contributed by atoms with Crippen molar-refractivity contribution < 1.29 is 22.7 Å². The maximum atomic E-state index is 13.0. The lowest BCUT2D eigenvalue weighted by Gasteiger charge is -2.36. The quantitative estimate of drug-likeness (QED) is 0.569. The number of nitriles is 1. The van der Waals surface area contributed by atoms with Crippen molar-refractivity contribution in [3.05, 3.63) is 54.1 Å². The summed E-state index contributed by atoms with van der Waals surface area (Å²) in [7, 11) is -3.25. The van der Waals surface area contributed by atoms with E-state index in [2.05, 4.69) is 11.4 Å². The number of nitrogens with one attached hydrogen (secondary N) is 1. The molecule has 3 rings (SSSR count). The molecule has 198 valence electrons. The van der Waals surface area contributed by atoms with Gasteiger partial charge in [-0.3, -0.25) is 9.69 Å². The zero-order chi connectivity index (χ0) is 27.2. The van der Waals surface area contributed by atoms with Crippen molar-refractivity contribution in [1.29, 1.82) is 5.26 Å². The normalized spacial score (nSPS) is 16.9. The fourth-order valence-electron chi connectivity index (χ4n) is 4.23. The SMILES string of the molecule is CCS(=O)(=O)c1ccc(-c2ccc(CC(C#N)NC(=O)C3CCCCN3C(=O)OC(C)(C)C)cc2)cc1. The zero-order valence-electron chi connectivity index (χ0n) is 21.9. The van der Waals surface area contributed by atoms with Gasteiger partial charge in [0.25, 0.3) is 0 Å². The standard InChI is InChI=1S/C28H35N3O5S/c1-5-37(34,35)24-15-13-22(14-16-24)21-11-9-20(10-12-21)18-23(19-29)30-26(32)25-8-6-7-17-31(25)27(33)36-28(2,3)4/h9-16,23,25H,5-8,17-18H2,1-4H3,(H,30,32). The average Bonchev–Trinajstić information content (AvgIpc) is 2.87. The molecule has 0 aliphatic carbocycles. The molecule has 1 heterocycles. The van der Waals surface area contributed by atoms with E-state index in [4.69, 9.17) is 4.74 Å². The van der Waals surface area contributed by atoms with Crippen LogP contribution in [-0.4, -0.2) is 55.3 Å². The summed E-state index contributed by atoms with van der Waals surface area (Å²) in [6.07, 6.45) is 1.94. The van der Waals surface area contributed by atoms with Crippen LogP contribution < -0.4 is 5.32 Å². The molecule has 0 saturated carbocycles. The Morgan fingerprint density at radius 1 is 1.08 bits per heavy atom. The predicted molar refractivity (Wildman–Crippen MR) is 141 cm³/mol. The third-order valence-electron chi connectivity index (χ3n) is 6.23. The first kappa shape index (κ1) is 28.2. The Morgan fingerprint density at radius 3 is 2.22 bits per heavy atom. The Bertz CT molecular complexity index is 1240. The molecule has 2 aromatic carbocycles. The fourth-order valence-corrected chi connectivity index (χ4v) is 5.11. The fraction of sp³-hybridized carbons (Fsp3) is 0.464. The van der Waals surface area contributed by atoms with E-state index in [0.29, 0.717) is 24.3 Å². The number of likely N-dealkylation sites (tertiary alicyclic amines) is 1. The number of rotatable bonds is 7. The van der Waals surface area contributed by atoms with E-state index in [1.807, 2.05) is 24.3 Å². The first-order valence-electron chi connectivity index (χ1n) is 12.6. The molecule has 0 bridgehead atoms. The number of piperidine rings is 1. The van der Waals surface area contributed by atoms with Gasteiger partial charge in [0.1, 0.15) is 17.7 Å². The van der Waals surface area contributed by atoms with Gasteiger partial charge in [0.05, 0.1) is 16.7 Å². The summed E-state index contributed by atoms with van der Waals surface area (Å²) in [6, 6.07) is 15.1. The van der Waals surface area contributed by atoms with Crippen molar-refractivity contribution in [3.8, 4) is 17.2 Å². The minimum Gasteiger partial charge on any atom is -0.444 e. The monoisotopic (exact) mass is 525 g/mol. The second-order valence-electron chi connectivity index (χ2n) is 10.2. The molecule has 0 radical (unpaired) electrons. The highest BCUT2D eigenvalue weighted by Crippen LogP contribution is 2.24. The van der Waals surface area contributed by atoms with Gasteiger partial charge in [-0.25, -0.2) is 13.2 Å². The average molecular weight is 526 g/mol. The molecule has 2 atom stereocenters. The molecule has 1 aliphatic heterocycles. The largest absolute Gasteiger partial charge is 0.444 e. The van der Waals surface area contributed by atoms with Crippen molar-refractivity contribution >= 4 is 21.8 Å². The lowest BCUT2D eigenvalue weighted by Crippen LogP contribution is -2.54. The number of nitrogens with zero attached hydrogens (tertiary/aromatic N) is 2. The third-order valence-corrected chi connectivity index (χ3v) is 7.98. The van der Waals surface area contributed by atoms with Crippen LogP contribution in [0.3, 0.4) is 0 Å². The Hall–Kier alpha value is -3.38. The van der Waals surface area contributed by atoms with Gasteiger partial charge in [-0.15, -0.1) is 0 Å². The lowest BCUT2D eigenvalue weighted by atomic mass is 9.99. The van der Waals surface area contributed by atoms with Gasteiger partial charge in [0, 0.05) is 13.0 Å². The molecule has 9 heteroatoms. The smallest absolute Gasteiger partial charge is 0.410 e. The summed E-state index contributed by atoms with van der Waals surface area (Å²) in [4.78, 5) is 27.4. The Kier molecular flexibility index (Phi) is 8.98. The summed E-state index contributed by atoms with van der Waals surface area (Å²) in [6.45, 7) is 7.41. The number of amides is 2. The molecular formula is C28H35N3O5S. The van der Waals surface area contributed by atoms with Crippen LogP contribution in [0.1, 0.15) is 52.5 Å². The Labute approximate surface area is 219 Å².